The Labute approximate surface area is 467 Å². The van der Waals surface area contributed by atoms with Gasteiger partial charge in [0.2, 0.25) is 0 Å². The van der Waals surface area contributed by atoms with Gasteiger partial charge < -0.3 is 14.2 Å². The van der Waals surface area contributed by atoms with Gasteiger partial charge in [-0.05, 0) is 57.8 Å². The summed E-state index contributed by atoms with van der Waals surface area (Å²) in [5.74, 6) is -0.852. The zero-order valence-electron chi connectivity index (χ0n) is 50.6. The quantitative estimate of drug-likeness (QED) is 0.0261. The highest BCUT2D eigenvalue weighted by atomic mass is 16.6. The van der Waals surface area contributed by atoms with Crippen molar-refractivity contribution in [2.75, 3.05) is 13.2 Å². The lowest BCUT2D eigenvalue weighted by atomic mass is 10.0. The highest BCUT2D eigenvalue weighted by molar-refractivity contribution is 5.71. The zero-order valence-corrected chi connectivity index (χ0v) is 50.6. The fourth-order valence-corrected chi connectivity index (χ4v) is 10.1. The second-order valence-corrected chi connectivity index (χ2v) is 22.7. The molecule has 0 heterocycles. The molecule has 0 bridgehead atoms. The van der Waals surface area contributed by atoms with Gasteiger partial charge in [0.1, 0.15) is 13.2 Å². The topological polar surface area (TPSA) is 78.9 Å². The van der Waals surface area contributed by atoms with Gasteiger partial charge in [0.15, 0.2) is 6.10 Å². The summed E-state index contributed by atoms with van der Waals surface area (Å²) in [5, 5.41) is 0. The van der Waals surface area contributed by atoms with Crippen molar-refractivity contribution in [3.05, 3.63) is 36.5 Å². The maximum atomic E-state index is 12.9. The van der Waals surface area contributed by atoms with Crippen LogP contribution in [-0.2, 0) is 28.6 Å². The number of ether oxygens (including phenoxy) is 3. The molecule has 0 aromatic heterocycles. The van der Waals surface area contributed by atoms with Crippen LogP contribution in [-0.4, -0.2) is 37.2 Å². The number of carbonyl (C=O) groups is 3. The van der Waals surface area contributed by atoms with Crippen LogP contribution in [0.25, 0.3) is 0 Å². The SMILES string of the molecule is CCCCCCC/C=C\C/C=C\C/C=C\CCCCCCCCCCCCCCC(=O)OCC(COC(=O)CCCCCCCCC)OC(=O)CCCCCCCCCCCCCCCCCCCCCCCCC. The Morgan fingerprint density at radius 3 is 0.747 bits per heavy atom. The molecule has 440 valence electrons. The molecule has 75 heavy (non-hydrogen) atoms. The van der Waals surface area contributed by atoms with Gasteiger partial charge in [0, 0.05) is 19.3 Å². The number of allylic oxidation sites excluding steroid dienone is 6. The molecule has 0 spiro atoms. The molecule has 1 atom stereocenters. The van der Waals surface area contributed by atoms with Crippen LogP contribution in [0.15, 0.2) is 36.5 Å². The monoisotopic (exact) mass is 1050 g/mol. The second-order valence-electron chi connectivity index (χ2n) is 22.7. The van der Waals surface area contributed by atoms with Gasteiger partial charge in [0.25, 0.3) is 0 Å². The number of unbranched alkanes of at least 4 members (excludes halogenated alkanes) is 45. The summed E-state index contributed by atoms with van der Waals surface area (Å²) >= 11 is 0. The van der Waals surface area contributed by atoms with Crippen molar-refractivity contribution in [3.8, 4) is 0 Å². The Balaban J connectivity index is 4.07. The summed E-state index contributed by atoms with van der Waals surface area (Å²) in [5.41, 5.74) is 0. The van der Waals surface area contributed by atoms with E-state index in [1.54, 1.807) is 0 Å². The maximum absolute atomic E-state index is 12.9. The summed E-state index contributed by atoms with van der Waals surface area (Å²) < 4.78 is 16.9. The highest BCUT2D eigenvalue weighted by Gasteiger charge is 2.19. The Morgan fingerprint density at radius 2 is 0.480 bits per heavy atom. The van der Waals surface area contributed by atoms with Gasteiger partial charge in [-0.1, -0.05) is 327 Å². The van der Waals surface area contributed by atoms with Gasteiger partial charge >= 0.3 is 17.9 Å². The molecule has 0 radical (unpaired) electrons. The van der Waals surface area contributed by atoms with E-state index in [1.165, 1.54) is 257 Å². The van der Waals surface area contributed by atoms with Crippen molar-refractivity contribution in [1.29, 1.82) is 0 Å². The molecular formula is C69H128O6. The summed E-state index contributed by atoms with van der Waals surface area (Å²) in [4.78, 5) is 38.1. The van der Waals surface area contributed by atoms with E-state index in [4.69, 9.17) is 14.2 Å². The molecule has 0 fully saturated rings. The summed E-state index contributed by atoms with van der Waals surface area (Å²) in [7, 11) is 0. The van der Waals surface area contributed by atoms with E-state index in [2.05, 4.69) is 57.2 Å². The third-order valence-electron chi connectivity index (χ3n) is 15.1. The highest BCUT2D eigenvalue weighted by Crippen LogP contribution is 2.18. The molecule has 0 aliphatic heterocycles. The predicted molar refractivity (Wildman–Crippen MR) is 326 cm³/mol. The number of carbonyl (C=O) groups excluding carboxylic acids is 3. The van der Waals surface area contributed by atoms with Crippen LogP contribution in [0.3, 0.4) is 0 Å². The standard InChI is InChI=1S/C69H128O6/c1-4-7-10-13-16-18-20-22-24-26-28-30-32-33-34-35-37-38-40-42-44-46-48-50-53-56-59-62-68(71)74-65-66(64-73-67(70)61-58-55-52-15-12-9-6-3)75-69(72)63-60-57-54-51-49-47-45-43-41-39-36-31-29-27-25-23-21-19-17-14-11-8-5-2/h20,22,26,28,32-33,66H,4-19,21,23-25,27,29-31,34-65H2,1-3H3/b22-20-,28-26-,33-32-. The molecule has 0 amide bonds. The minimum absolute atomic E-state index is 0.0678. The first-order chi connectivity index (χ1) is 37.0. The van der Waals surface area contributed by atoms with Crippen LogP contribution in [0.4, 0.5) is 0 Å². The first kappa shape index (κ1) is 72.6. The van der Waals surface area contributed by atoms with E-state index in [-0.39, 0.29) is 31.1 Å². The number of rotatable bonds is 62. The zero-order chi connectivity index (χ0) is 54.3. The van der Waals surface area contributed by atoms with Crippen LogP contribution < -0.4 is 0 Å². The maximum Gasteiger partial charge on any atom is 0.306 e. The first-order valence-electron chi connectivity index (χ1n) is 33.5. The summed E-state index contributed by atoms with van der Waals surface area (Å²) in [6.45, 7) is 6.65. The normalized spacial score (nSPS) is 12.2. The summed E-state index contributed by atoms with van der Waals surface area (Å²) in [6.07, 6.45) is 79.1. The summed E-state index contributed by atoms with van der Waals surface area (Å²) in [6, 6.07) is 0. The van der Waals surface area contributed by atoms with Gasteiger partial charge in [-0.3, -0.25) is 14.4 Å². The van der Waals surface area contributed by atoms with Crippen LogP contribution in [0.5, 0.6) is 0 Å². The van der Waals surface area contributed by atoms with Crippen molar-refractivity contribution < 1.29 is 28.6 Å². The molecule has 0 saturated heterocycles. The molecule has 0 rings (SSSR count). The molecule has 0 N–H and O–H groups in total. The average Bonchev–Trinajstić information content (AvgIpc) is 3.41. The van der Waals surface area contributed by atoms with Gasteiger partial charge in [0.05, 0.1) is 0 Å². The fraction of sp³-hybridized carbons (Fsp3) is 0.870. The van der Waals surface area contributed by atoms with E-state index < -0.39 is 6.10 Å². The third kappa shape index (κ3) is 62.4. The molecule has 6 nitrogen and oxygen atoms in total. The predicted octanol–water partition coefficient (Wildman–Crippen LogP) is 22.8. The third-order valence-corrected chi connectivity index (χ3v) is 15.1. The second kappa shape index (κ2) is 64.2. The lowest BCUT2D eigenvalue weighted by molar-refractivity contribution is -0.167. The van der Waals surface area contributed by atoms with Gasteiger partial charge in [-0.2, -0.15) is 0 Å². The Bertz CT molecular complexity index is 1250. The molecule has 0 saturated carbocycles. The van der Waals surface area contributed by atoms with Gasteiger partial charge in [-0.25, -0.2) is 0 Å². The first-order valence-corrected chi connectivity index (χ1v) is 33.5. The molecule has 0 aliphatic carbocycles. The van der Waals surface area contributed by atoms with E-state index in [0.717, 1.165) is 70.6 Å². The molecule has 1 unspecified atom stereocenters. The number of esters is 3. The minimum Gasteiger partial charge on any atom is -0.462 e. The van der Waals surface area contributed by atoms with Crippen LogP contribution in [0, 0.1) is 0 Å². The van der Waals surface area contributed by atoms with Crippen LogP contribution >= 0.6 is 0 Å². The average molecular weight is 1050 g/mol. The van der Waals surface area contributed by atoms with Crippen molar-refractivity contribution in [2.45, 2.75) is 374 Å². The lowest BCUT2D eigenvalue weighted by Crippen LogP contribution is -2.30. The Morgan fingerprint density at radius 1 is 0.267 bits per heavy atom. The molecular weight excluding hydrogens is 925 g/mol. The van der Waals surface area contributed by atoms with E-state index in [0.29, 0.717) is 19.3 Å². The van der Waals surface area contributed by atoms with Crippen molar-refractivity contribution in [1.82, 2.24) is 0 Å². The smallest absolute Gasteiger partial charge is 0.306 e. The molecule has 6 heteroatoms. The molecule has 0 aromatic carbocycles. The lowest BCUT2D eigenvalue weighted by Gasteiger charge is -2.18. The van der Waals surface area contributed by atoms with Crippen molar-refractivity contribution in [2.24, 2.45) is 0 Å². The van der Waals surface area contributed by atoms with E-state index in [1.807, 2.05) is 0 Å². The largest absolute Gasteiger partial charge is 0.462 e. The van der Waals surface area contributed by atoms with Crippen LogP contribution in [0.1, 0.15) is 367 Å². The van der Waals surface area contributed by atoms with E-state index in [9.17, 15) is 14.4 Å². The minimum atomic E-state index is -0.767. The fourth-order valence-electron chi connectivity index (χ4n) is 10.1. The Hall–Kier alpha value is -2.37. The number of hydrogen-bond acceptors (Lipinski definition) is 6. The molecule has 0 aromatic rings. The van der Waals surface area contributed by atoms with Gasteiger partial charge in [-0.15, -0.1) is 0 Å². The number of hydrogen-bond donors (Lipinski definition) is 0. The molecule has 0 aliphatic rings. The van der Waals surface area contributed by atoms with Crippen molar-refractivity contribution in [3.63, 3.8) is 0 Å². The van der Waals surface area contributed by atoms with Crippen LogP contribution in [0.2, 0.25) is 0 Å². The van der Waals surface area contributed by atoms with Crippen molar-refractivity contribution >= 4 is 17.9 Å². The Kier molecular flexibility index (Phi) is 62.1. The van der Waals surface area contributed by atoms with E-state index >= 15 is 0 Å².